The third kappa shape index (κ3) is 4.39. The number of anilines is 1. The van der Waals surface area contributed by atoms with E-state index >= 15 is 0 Å². The predicted molar refractivity (Wildman–Crippen MR) is 116 cm³/mol. The quantitative estimate of drug-likeness (QED) is 0.424. The number of benzene rings is 2. The number of nitrogens with two attached hydrogens (primary N) is 1. The molecule has 0 saturated heterocycles. The van der Waals surface area contributed by atoms with Gasteiger partial charge in [0.05, 0.1) is 12.5 Å². The molecule has 2 atom stereocenters. The van der Waals surface area contributed by atoms with Crippen LogP contribution in [0.2, 0.25) is 0 Å². The van der Waals surface area contributed by atoms with Crippen LogP contribution in [-0.2, 0) is 4.79 Å². The number of aromatic nitrogens is 1. The summed E-state index contributed by atoms with van der Waals surface area (Å²) in [5, 5.41) is 8.21. The molecule has 4 N–H and O–H groups in total. The van der Waals surface area contributed by atoms with Crippen molar-refractivity contribution in [1.82, 2.24) is 4.98 Å². The van der Waals surface area contributed by atoms with E-state index in [1.54, 1.807) is 23.5 Å². The van der Waals surface area contributed by atoms with Gasteiger partial charge in [0.25, 0.3) is 5.91 Å². The lowest BCUT2D eigenvalue weighted by Crippen LogP contribution is -2.92. The number of quaternary nitrogens is 1. The molecule has 0 unspecified atom stereocenters. The molecule has 0 aliphatic carbocycles. The molecule has 0 spiro atoms. The van der Waals surface area contributed by atoms with Gasteiger partial charge in [0.1, 0.15) is 5.82 Å². The second kappa shape index (κ2) is 8.59. The first-order valence-electron chi connectivity index (χ1n) is 9.61. The maximum atomic E-state index is 13.1. The number of carbonyl (C=O) groups is 1. The van der Waals surface area contributed by atoms with Gasteiger partial charge < -0.3 is 15.6 Å². The van der Waals surface area contributed by atoms with Crippen molar-refractivity contribution in [3.05, 3.63) is 88.5 Å². The normalized spacial score (nSPS) is 13.3. The summed E-state index contributed by atoms with van der Waals surface area (Å²) >= 11 is 1.73. The molecule has 29 heavy (non-hydrogen) atoms. The number of fused-ring (bicyclic) bond motifs is 1. The van der Waals surface area contributed by atoms with Crippen LogP contribution in [0, 0.1) is 5.82 Å². The first-order chi connectivity index (χ1) is 14.1. The highest BCUT2D eigenvalue weighted by Gasteiger charge is 2.24. The number of hydrogen-bond acceptors (Lipinski definition) is 2. The summed E-state index contributed by atoms with van der Waals surface area (Å²) in [6.45, 7) is 2.64. The Morgan fingerprint density at radius 3 is 2.69 bits per heavy atom. The monoisotopic (exact) mass is 408 g/mol. The van der Waals surface area contributed by atoms with Gasteiger partial charge in [-0.2, -0.15) is 0 Å². The lowest BCUT2D eigenvalue weighted by molar-refractivity contribution is -0.674. The van der Waals surface area contributed by atoms with Gasteiger partial charge in [0.15, 0.2) is 6.04 Å². The maximum Gasteiger partial charge on any atom is 0.282 e. The number of thiophene rings is 1. The molecular formula is C23H23FN3OS+. The highest BCUT2D eigenvalue weighted by molar-refractivity contribution is 7.10. The number of rotatable bonds is 7. The Labute approximate surface area is 172 Å². The van der Waals surface area contributed by atoms with E-state index in [0.29, 0.717) is 5.69 Å². The summed E-state index contributed by atoms with van der Waals surface area (Å²) in [6, 6.07) is 18.0. The van der Waals surface area contributed by atoms with Crippen LogP contribution in [0.3, 0.4) is 0 Å². The van der Waals surface area contributed by atoms with Gasteiger partial charge >= 0.3 is 0 Å². The molecule has 0 aliphatic rings. The molecule has 2 aromatic heterocycles. The smallest absolute Gasteiger partial charge is 0.282 e. The van der Waals surface area contributed by atoms with Crippen LogP contribution >= 0.6 is 11.3 Å². The first-order valence-corrected chi connectivity index (χ1v) is 10.5. The Hall–Kier alpha value is -2.96. The fourth-order valence-electron chi connectivity index (χ4n) is 3.50. The number of aromatic amines is 1. The van der Waals surface area contributed by atoms with E-state index in [-0.39, 0.29) is 23.7 Å². The summed E-state index contributed by atoms with van der Waals surface area (Å²) < 4.78 is 13.1. The van der Waals surface area contributed by atoms with Gasteiger partial charge in [-0.05, 0) is 54.3 Å². The Bertz CT molecular complexity index is 1090. The van der Waals surface area contributed by atoms with E-state index in [4.69, 9.17) is 0 Å². The zero-order valence-electron chi connectivity index (χ0n) is 16.1. The van der Waals surface area contributed by atoms with Gasteiger partial charge in [-0.15, -0.1) is 11.3 Å². The van der Waals surface area contributed by atoms with Crippen LogP contribution < -0.4 is 10.6 Å². The predicted octanol–water partition coefficient (Wildman–Crippen LogP) is 4.09. The summed E-state index contributed by atoms with van der Waals surface area (Å²) in [4.78, 5) is 17.2. The first kappa shape index (κ1) is 19.4. The standard InChI is InChI=1S/C23H22FN3OS/c1-15(23(28)27-17-10-8-16(24)9-11-17)25-14-20(22-7-4-12-29-22)19-13-26-21-6-3-2-5-18(19)21/h2-13,15,20,25-26H,14H2,1H3,(H,27,28)/p+1/t15-,20-/m1/s1. The van der Waals surface area contributed by atoms with Crippen LogP contribution in [0.25, 0.3) is 10.9 Å². The maximum absolute atomic E-state index is 13.1. The second-order valence-corrected chi connectivity index (χ2v) is 8.09. The van der Waals surface area contributed by atoms with Crippen molar-refractivity contribution in [2.45, 2.75) is 18.9 Å². The largest absolute Gasteiger partial charge is 0.361 e. The number of hydrogen-bond donors (Lipinski definition) is 3. The lowest BCUT2D eigenvalue weighted by Gasteiger charge is -2.17. The van der Waals surface area contributed by atoms with Crippen LogP contribution in [0.15, 0.2) is 72.2 Å². The minimum atomic E-state index is -0.319. The molecular weight excluding hydrogens is 385 g/mol. The van der Waals surface area contributed by atoms with E-state index in [9.17, 15) is 9.18 Å². The van der Waals surface area contributed by atoms with Crippen LogP contribution in [0.1, 0.15) is 23.3 Å². The van der Waals surface area contributed by atoms with Crippen LogP contribution in [-0.4, -0.2) is 23.5 Å². The lowest BCUT2D eigenvalue weighted by atomic mass is 9.96. The van der Waals surface area contributed by atoms with Crippen molar-refractivity contribution < 1.29 is 14.5 Å². The van der Waals surface area contributed by atoms with Crippen molar-refractivity contribution >= 4 is 33.8 Å². The zero-order valence-corrected chi connectivity index (χ0v) is 16.9. The zero-order chi connectivity index (χ0) is 20.2. The highest BCUT2D eigenvalue weighted by Crippen LogP contribution is 2.32. The van der Waals surface area contributed by atoms with E-state index < -0.39 is 0 Å². The second-order valence-electron chi connectivity index (χ2n) is 7.11. The van der Waals surface area contributed by atoms with Crippen molar-refractivity contribution in [3.8, 4) is 0 Å². The molecule has 148 valence electrons. The van der Waals surface area contributed by atoms with E-state index in [1.165, 1.54) is 28.0 Å². The molecule has 4 nitrogen and oxygen atoms in total. The molecule has 0 aliphatic heterocycles. The third-order valence-electron chi connectivity index (χ3n) is 5.13. The third-order valence-corrected chi connectivity index (χ3v) is 6.12. The molecule has 4 aromatic rings. The Morgan fingerprint density at radius 1 is 1.14 bits per heavy atom. The van der Waals surface area contributed by atoms with Crippen LogP contribution in [0.4, 0.5) is 10.1 Å². The molecule has 0 radical (unpaired) electrons. The van der Waals surface area contributed by atoms with Crippen LogP contribution in [0.5, 0.6) is 0 Å². The number of carbonyl (C=O) groups excluding carboxylic acids is 1. The van der Waals surface area contributed by atoms with Gasteiger partial charge in [-0.3, -0.25) is 4.79 Å². The number of para-hydroxylation sites is 1. The van der Waals surface area contributed by atoms with Gasteiger partial charge in [-0.25, -0.2) is 4.39 Å². The average molecular weight is 409 g/mol. The Balaban J connectivity index is 1.48. The molecule has 2 aromatic carbocycles. The molecule has 0 fully saturated rings. The van der Waals surface area contributed by atoms with E-state index in [0.717, 1.165) is 12.1 Å². The Morgan fingerprint density at radius 2 is 1.93 bits per heavy atom. The SMILES string of the molecule is C[C@@H]([NH2+]C[C@@H](c1cccs1)c1c[nH]c2ccccc12)C(=O)Nc1ccc(F)cc1. The number of H-pyrrole nitrogens is 1. The molecule has 1 amide bonds. The summed E-state index contributed by atoms with van der Waals surface area (Å²) in [7, 11) is 0. The number of amides is 1. The fraction of sp³-hybridized carbons (Fsp3) is 0.174. The number of halogens is 1. The summed E-state index contributed by atoms with van der Waals surface area (Å²) in [6.07, 6.45) is 2.08. The van der Waals surface area contributed by atoms with Gasteiger partial charge in [-0.1, -0.05) is 24.3 Å². The molecule has 0 saturated carbocycles. The van der Waals surface area contributed by atoms with Crippen molar-refractivity contribution in [3.63, 3.8) is 0 Å². The minimum Gasteiger partial charge on any atom is -0.361 e. The molecule has 0 bridgehead atoms. The fourth-order valence-corrected chi connectivity index (χ4v) is 4.36. The number of nitrogens with one attached hydrogen (secondary N) is 2. The van der Waals surface area contributed by atoms with Gasteiger partial charge in [0, 0.05) is 27.7 Å². The molecule has 6 heteroatoms. The average Bonchev–Trinajstić information content (AvgIpc) is 3.40. The van der Waals surface area contributed by atoms with E-state index in [2.05, 4.69) is 51.5 Å². The van der Waals surface area contributed by atoms with Gasteiger partial charge in [0.2, 0.25) is 0 Å². The van der Waals surface area contributed by atoms with E-state index in [1.807, 2.05) is 19.1 Å². The van der Waals surface area contributed by atoms with Crippen molar-refractivity contribution in [2.24, 2.45) is 0 Å². The summed E-state index contributed by atoms with van der Waals surface area (Å²) in [5.41, 5.74) is 2.96. The Kier molecular flexibility index (Phi) is 5.74. The molecule has 2 heterocycles. The van der Waals surface area contributed by atoms with Crippen molar-refractivity contribution in [1.29, 1.82) is 0 Å². The summed E-state index contributed by atoms with van der Waals surface area (Å²) in [5.74, 6) is -0.229. The topological polar surface area (TPSA) is 61.5 Å². The van der Waals surface area contributed by atoms with Crippen molar-refractivity contribution in [2.75, 3.05) is 11.9 Å². The minimum absolute atomic E-state index is 0.0968. The molecule has 4 rings (SSSR count). The highest BCUT2D eigenvalue weighted by atomic mass is 32.1.